The molecule has 0 spiro atoms. The fourth-order valence-electron chi connectivity index (χ4n) is 3.68. The van der Waals surface area contributed by atoms with Gasteiger partial charge in [0.2, 0.25) is 5.28 Å². The van der Waals surface area contributed by atoms with Crippen molar-refractivity contribution in [3.63, 3.8) is 0 Å². The van der Waals surface area contributed by atoms with Crippen LogP contribution in [0.4, 0.5) is 5.82 Å². The van der Waals surface area contributed by atoms with Crippen LogP contribution < -0.4 is 4.90 Å². The molecule has 0 aliphatic rings. The molecule has 29 heavy (non-hydrogen) atoms. The Hall–Kier alpha value is -2.43. The highest BCUT2D eigenvalue weighted by Gasteiger charge is 2.21. The minimum absolute atomic E-state index is 0.298. The van der Waals surface area contributed by atoms with Crippen molar-refractivity contribution < 1.29 is 0 Å². The number of rotatable bonds is 5. The van der Waals surface area contributed by atoms with Gasteiger partial charge >= 0.3 is 0 Å². The molecule has 0 atom stereocenters. The molecule has 0 saturated heterocycles. The average Bonchev–Trinajstić information content (AvgIpc) is 3.04. The van der Waals surface area contributed by atoms with E-state index in [1.54, 1.807) is 11.3 Å². The first-order valence-corrected chi connectivity index (χ1v) is 11.0. The first-order chi connectivity index (χ1) is 14.0. The molecule has 0 unspecified atom stereocenters. The van der Waals surface area contributed by atoms with Crippen LogP contribution in [0.2, 0.25) is 5.28 Å². The number of anilines is 1. The second-order valence-corrected chi connectivity index (χ2v) is 8.87. The Morgan fingerprint density at radius 2 is 1.72 bits per heavy atom. The molecule has 0 N–H and O–H groups in total. The number of benzene rings is 2. The van der Waals surface area contributed by atoms with E-state index in [0.717, 1.165) is 29.1 Å². The number of nitrogens with zero attached hydrogens (tertiary/aromatic N) is 3. The van der Waals surface area contributed by atoms with Gasteiger partial charge in [-0.25, -0.2) is 4.98 Å². The number of aryl methyl sites for hydroxylation is 3. The van der Waals surface area contributed by atoms with Gasteiger partial charge in [-0.1, -0.05) is 48.5 Å². The van der Waals surface area contributed by atoms with Gasteiger partial charge in [-0.05, 0) is 61.5 Å². The van der Waals surface area contributed by atoms with Crippen LogP contribution in [0.25, 0.3) is 21.3 Å². The molecule has 2 aromatic heterocycles. The van der Waals surface area contributed by atoms with Crippen LogP contribution in [0.15, 0.2) is 48.5 Å². The molecule has 0 fully saturated rings. The second kappa shape index (κ2) is 8.13. The average molecular weight is 422 g/mol. The maximum atomic E-state index is 6.34. The van der Waals surface area contributed by atoms with Crippen LogP contribution in [0.1, 0.15) is 28.5 Å². The van der Waals surface area contributed by atoms with E-state index in [9.17, 15) is 0 Å². The zero-order chi connectivity index (χ0) is 20.5. The zero-order valence-corrected chi connectivity index (χ0v) is 18.7. The van der Waals surface area contributed by atoms with Gasteiger partial charge in [0, 0.05) is 23.5 Å². The minimum Gasteiger partial charge on any atom is -0.352 e. The summed E-state index contributed by atoms with van der Waals surface area (Å²) in [6.07, 6.45) is 0. The van der Waals surface area contributed by atoms with Gasteiger partial charge in [0.1, 0.15) is 10.6 Å². The molecule has 0 bridgehead atoms. The summed E-state index contributed by atoms with van der Waals surface area (Å²) in [5.41, 5.74) is 6.25. The van der Waals surface area contributed by atoms with Gasteiger partial charge in [-0.3, -0.25) is 0 Å². The van der Waals surface area contributed by atoms with E-state index < -0.39 is 0 Å². The summed E-state index contributed by atoms with van der Waals surface area (Å²) in [7, 11) is 0. The number of aromatic nitrogens is 2. The maximum Gasteiger partial charge on any atom is 0.225 e. The highest BCUT2D eigenvalue weighted by molar-refractivity contribution is 7.19. The lowest BCUT2D eigenvalue weighted by Gasteiger charge is -2.23. The standard InChI is InChI=1S/C24H24ClN3S/c1-5-28(14-18-9-7-6-8-10-18)22-21-20(19-12-11-15(2)16(3)13-19)17(4)29-23(21)27-24(25)26-22/h6-13H,5,14H2,1-4H3. The highest BCUT2D eigenvalue weighted by atomic mass is 35.5. The van der Waals surface area contributed by atoms with Crippen molar-refractivity contribution in [1.82, 2.24) is 9.97 Å². The highest BCUT2D eigenvalue weighted by Crippen LogP contribution is 2.42. The quantitative estimate of drug-likeness (QED) is 0.326. The van der Waals surface area contributed by atoms with Gasteiger partial charge in [0.05, 0.1) is 5.39 Å². The van der Waals surface area contributed by atoms with E-state index in [1.165, 1.54) is 32.7 Å². The van der Waals surface area contributed by atoms with E-state index in [1.807, 2.05) is 6.07 Å². The van der Waals surface area contributed by atoms with E-state index in [4.69, 9.17) is 16.6 Å². The molecule has 3 nitrogen and oxygen atoms in total. The fraction of sp³-hybridized carbons (Fsp3) is 0.250. The van der Waals surface area contributed by atoms with Crippen molar-refractivity contribution in [3.05, 3.63) is 75.4 Å². The number of fused-ring (bicyclic) bond motifs is 1. The third-order valence-corrected chi connectivity index (χ3v) is 6.54. The Labute approximate surface area is 181 Å². The monoisotopic (exact) mass is 421 g/mol. The lowest BCUT2D eigenvalue weighted by Crippen LogP contribution is -2.23. The van der Waals surface area contributed by atoms with Crippen LogP contribution in [0, 0.1) is 20.8 Å². The van der Waals surface area contributed by atoms with Crippen molar-refractivity contribution >= 4 is 39.0 Å². The first-order valence-electron chi connectivity index (χ1n) is 9.81. The molecular formula is C24H24ClN3S. The molecule has 0 saturated carbocycles. The Morgan fingerprint density at radius 3 is 2.41 bits per heavy atom. The van der Waals surface area contributed by atoms with Gasteiger partial charge in [0.15, 0.2) is 0 Å². The lowest BCUT2D eigenvalue weighted by atomic mass is 9.99. The Kier molecular flexibility index (Phi) is 5.57. The Morgan fingerprint density at radius 1 is 0.966 bits per heavy atom. The molecule has 2 heterocycles. The molecule has 2 aromatic carbocycles. The van der Waals surface area contributed by atoms with Gasteiger partial charge < -0.3 is 4.90 Å². The summed E-state index contributed by atoms with van der Waals surface area (Å²) in [5, 5.41) is 1.39. The van der Waals surface area contributed by atoms with Gasteiger partial charge in [-0.15, -0.1) is 11.3 Å². The summed E-state index contributed by atoms with van der Waals surface area (Å²) in [6, 6.07) is 17.1. The lowest BCUT2D eigenvalue weighted by molar-refractivity contribution is 0.817. The molecule has 0 amide bonds. The van der Waals surface area contributed by atoms with Crippen LogP contribution in [0.3, 0.4) is 0 Å². The summed E-state index contributed by atoms with van der Waals surface area (Å²) < 4.78 is 0. The Balaban J connectivity index is 1.92. The second-order valence-electron chi connectivity index (χ2n) is 7.33. The summed E-state index contributed by atoms with van der Waals surface area (Å²) in [6.45, 7) is 10.2. The van der Waals surface area contributed by atoms with Crippen LogP contribution in [0.5, 0.6) is 0 Å². The third-order valence-electron chi connectivity index (χ3n) is 5.37. The zero-order valence-electron chi connectivity index (χ0n) is 17.2. The maximum absolute atomic E-state index is 6.34. The van der Waals surface area contributed by atoms with Crippen molar-refractivity contribution in [3.8, 4) is 11.1 Å². The van der Waals surface area contributed by atoms with Gasteiger partial charge in [-0.2, -0.15) is 4.98 Å². The van der Waals surface area contributed by atoms with Crippen LogP contribution in [-0.4, -0.2) is 16.5 Å². The van der Waals surface area contributed by atoms with Crippen LogP contribution in [-0.2, 0) is 6.54 Å². The topological polar surface area (TPSA) is 29.0 Å². The first kappa shape index (κ1) is 19.9. The fourth-order valence-corrected chi connectivity index (χ4v) is 4.94. The van der Waals surface area contributed by atoms with Crippen molar-refractivity contribution in [2.24, 2.45) is 0 Å². The predicted molar refractivity (Wildman–Crippen MR) is 125 cm³/mol. The van der Waals surface area contributed by atoms with Crippen LogP contribution >= 0.6 is 22.9 Å². The summed E-state index contributed by atoms with van der Waals surface area (Å²) in [4.78, 5) is 13.7. The van der Waals surface area contributed by atoms with E-state index in [2.05, 4.69) is 80.0 Å². The summed E-state index contributed by atoms with van der Waals surface area (Å²) in [5.74, 6) is 0.906. The molecule has 5 heteroatoms. The van der Waals surface area contributed by atoms with Crippen molar-refractivity contribution in [2.45, 2.75) is 34.2 Å². The van der Waals surface area contributed by atoms with Crippen molar-refractivity contribution in [1.29, 1.82) is 0 Å². The predicted octanol–water partition coefficient (Wildman–Crippen LogP) is 6.96. The van der Waals surface area contributed by atoms with E-state index in [0.29, 0.717) is 5.28 Å². The van der Waals surface area contributed by atoms with E-state index in [-0.39, 0.29) is 0 Å². The number of halogens is 1. The molecule has 0 radical (unpaired) electrons. The molecule has 0 aliphatic heterocycles. The van der Waals surface area contributed by atoms with Crippen molar-refractivity contribution in [2.75, 3.05) is 11.4 Å². The third kappa shape index (κ3) is 3.87. The smallest absolute Gasteiger partial charge is 0.225 e. The van der Waals surface area contributed by atoms with Gasteiger partial charge in [0.25, 0.3) is 0 Å². The number of hydrogen-bond acceptors (Lipinski definition) is 4. The molecule has 0 aliphatic carbocycles. The molecule has 148 valence electrons. The normalized spacial score (nSPS) is 11.2. The molecule has 4 rings (SSSR count). The molecular weight excluding hydrogens is 398 g/mol. The Bertz CT molecular complexity index is 1170. The largest absolute Gasteiger partial charge is 0.352 e. The minimum atomic E-state index is 0.298. The van der Waals surface area contributed by atoms with E-state index >= 15 is 0 Å². The number of hydrogen-bond donors (Lipinski definition) is 0. The molecule has 4 aromatic rings. The number of thiophene rings is 1. The SMILES string of the molecule is CCN(Cc1ccccc1)c1nc(Cl)nc2sc(C)c(-c3ccc(C)c(C)c3)c12. The summed E-state index contributed by atoms with van der Waals surface area (Å²) >= 11 is 8.02.